The molecule has 3 fully saturated rings. The zero-order valence-electron chi connectivity index (χ0n) is 32.1. The van der Waals surface area contributed by atoms with E-state index in [0.29, 0.717) is 56.9 Å². The van der Waals surface area contributed by atoms with E-state index in [1.54, 1.807) is 31.5 Å². The summed E-state index contributed by atoms with van der Waals surface area (Å²) in [6.07, 6.45) is -0.897. The number of fused-ring (bicyclic) bond motifs is 3. The first-order chi connectivity index (χ1) is 28.0. The van der Waals surface area contributed by atoms with Gasteiger partial charge in [0.15, 0.2) is 5.69 Å². The van der Waals surface area contributed by atoms with E-state index in [4.69, 9.17) is 4.74 Å². The number of benzene rings is 1. The number of carbonyl (C=O) groups is 2. The predicted octanol–water partition coefficient (Wildman–Crippen LogP) is 8.61. The van der Waals surface area contributed by atoms with Crippen LogP contribution in [0.25, 0.3) is 28.0 Å². The van der Waals surface area contributed by atoms with Gasteiger partial charge < -0.3 is 20.1 Å². The molecule has 5 aromatic rings. The molecule has 1 aliphatic heterocycles. The lowest BCUT2D eigenvalue weighted by Gasteiger charge is -2.52. The number of rotatable bonds is 8. The number of amides is 1. The van der Waals surface area contributed by atoms with Crippen molar-refractivity contribution in [1.29, 1.82) is 0 Å². The van der Waals surface area contributed by atoms with Crippen LogP contribution in [0.1, 0.15) is 74.0 Å². The van der Waals surface area contributed by atoms with Crippen molar-refractivity contribution in [2.45, 2.75) is 76.4 Å². The fourth-order valence-electron chi connectivity index (χ4n) is 9.62. The third kappa shape index (κ3) is 7.55. The number of halogens is 6. The van der Waals surface area contributed by atoms with Gasteiger partial charge in [-0.2, -0.15) is 26.3 Å². The van der Waals surface area contributed by atoms with Gasteiger partial charge in [0.05, 0.1) is 22.3 Å². The van der Waals surface area contributed by atoms with Crippen LogP contribution in [0.5, 0.6) is 5.75 Å². The summed E-state index contributed by atoms with van der Waals surface area (Å²) >= 11 is 0. The molecule has 8 rings (SSSR count). The number of aliphatic carboxylic acids is 1. The SMILES string of the molecule is CC1CC2CC(C)C(NC(=O)c3ccc(-c4cn(-c5ncccc5C(F)(F)F)c5cc(OC6CCN(c7ncccn7)CC6)ccc45)nc3C(F)(F)F)(C(=O)O)C(C1)C2. The third-order valence-electron chi connectivity index (χ3n) is 12.2. The topological polar surface area (TPSA) is 135 Å². The zero-order chi connectivity index (χ0) is 41.9. The van der Waals surface area contributed by atoms with Crippen LogP contribution in [0.3, 0.4) is 0 Å². The normalized spacial score (nSPS) is 23.9. The molecule has 2 N–H and O–H groups in total. The van der Waals surface area contributed by atoms with Crippen molar-refractivity contribution in [1.82, 2.24) is 29.8 Å². The summed E-state index contributed by atoms with van der Waals surface area (Å²) < 4.78 is 95.3. The van der Waals surface area contributed by atoms with Crippen LogP contribution in [0.15, 0.2) is 73.3 Å². The van der Waals surface area contributed by atoms with E-state index in [-0.39, 0.29) is 40.1 Å². The molecule has 5 atom stereocenters. The highest BCUT2D eigenvalue weighted by Gasteiger charge is 2.57. The maximum atomic E-state index is 14.9. The van der Waals surface area contributed by atoms with Gasteiger partial charge >= 0.3 is 18.3 Å². The highest BCUT2D eigenvalue weighted by molar-refractivity contribution is 6.01. The van der Waals surface area contributed by atoms with Crippen LogP contribution in [0, 0.1) is 23.7 Å². The molecule has 2 saturated carbocycles. The van der Waals surface area contributed by atoms with Gasteiger partial charge in [-0.1, -0.05) is 13.8 Å². The third-order valence-corrected chi connectivity index (χ3v) is 12.2. The Bertz CT molecular complexity index is 2380. The van der Waals surface area contributed by atoms with Crippen LogP contribution >= 0.6 is 0 Å². The first-order valence-corrected chi connectivity index (χ1v) is 19.5. The lowest BCUT2D eigenvalue weighted by atomic mass is 9.56. The number of anilines is 1. The number of carboxylic acid groups (broad SMARTS) is 1. The monoisotopic (exact) mass is 821 g/mol. The summed E-state index contributed by atoms with van der Waals surface area (Å²) in [5, 5.41) is 13.4. The van der Waals surface area contributed by atoms with E-state index in [9.17, 15) is 41.0 Å². The second kappa shape index (κ2) is 15.1. The average molecular weight is 822 g/mol. The first-order valence-electron chi connectivity index (χ1n) is 19.5. The van der Waals surface area contributed by atoms with Crippen molar-refractivity contribution in [2.24, 2.45) is 23.7 Å². The highest BCUT2D eigenvalue weighted by atomic mass is 19.4. The van der Waals surface area contributed by atoms with Crippen LogP contribution < -0.4 is 15.0 Å². The van der Waals surface area contributed by atoms with E-state index < -0.39 is 64.2 Å². The molecule has 1 amide bonds. The van der Waals surface area contributed by atoms with Crippen molar-refractivity contribution in [3.05, 3.63) is 90.1 Å². The van der Waals surface area contributed by atoms with E-state index >= 15 is 0 Å². The minimum absolute atomic E-state index is 0.0316. The molecule has 17 heteroatoms. The molecule has 3 aliphatic rings. The van der Waals surface area contributed by atoms with Gasteiger partial charge in [0.25, 0.3) is 5.91 Å². The van der Waals surface area contributed by atoms with Crippen molar-refractivity contribution >= 4 is 28.7 Å². The Morgan fingerprint density at radius 2 is 1.61 bits per heavy atom. The Morgan fingerprint density at radius 1 is 0.881 bits per heavy atom. The fourth-order valence-corrected chi connectivity index (χ4v) is 9.62. The molecule has 0 radical (unpaired) electrons. The van der Waals surface area contributed by atoms with Gasteiger partial charge in [-0.3, -0.25) is 9.36 Å². The lowest BCUT2D eigenvalue weighted by Crippen LogP contribution is -2.66. The second-order valence-corrected chi connectivity index (χ2v) is 16.0. The summed E-state index contributed by atoms with van der Waals surface area (Å²) in [5.41, 5.74) is -5.39. The summed E-state index contributed by atoms with van der Waals surface area (Å²) in [6, 6.07) is 10.5. The number of pyridine rings is 2. The smallest absolute Gasteiger partial charge is 0.434 e. The Balaban J connectivity index is 1.17. The number of alkyl halides is 6. The molecule has 2 aliphatic carbocycles. The number of carbonyl (C=O) groups excluding carboxylic acids is 1. The number of ether oxygens (including phenoxy) is 1. The zero-order valence-corrected chi connectivity index (χ0v) is 32.1. The standard InChI is InChI=1S/C42H41F6N7O4/c1-23-17-25-19-24(2)40(38(57)58,26(18-23)20-25)53-37(56)30-8-9-33(52-35(30)42(46,47)48)31-22-55(36-32(41(43,44)45)5-3-12-49-36)34-21-28(6-7-29(31)34)59-27-10-15-54(16-11-27)39-50-13-4-14-51-39/h3-9,12-14,21-27H,10-11,15-20H2,1-2H3,(H,53,56)(H,57,58). The molecule has 1 saturated heterocycles. The molecule has 5 heterocycles. The van der Waals surface area contributed by atoms with Gasteiger partial charge in [0, 0.05) is 67.7 Å². The molecule has 310 valence electrons. The van der Waals surface area contributed by atoms with E-state index in [0.717, 1.165) is 29.2 Å². The number of piperidine rings is 1. The second-order valence-electron chi connectivity index (χ2n) is 16.0. The maximum absolute atomic E-state index is 14.9. The Kier molecular flexibility index (Phi) is 10.3. The van der Waals surface area contributed by atoms with Gasteiger partial charge in [-0.05, 0) is 91.8 Å². The average Bonchev–Trinajstić information content (AvgIpc) is 3.57. The van der Waals surface area contributed by atoms with Gasteiger partial charge in [0.1, 0.15) is 23.2 Å². The molecule has 2 bridgehead atoms. The van der Waals surface area contributed by atoms with Crippen LogP contribution in [-0.4, -0.2) is 66.2 Å². The van der Waals surface area contributed by atoms with Crippen molar-refractivity contribution < 1.29 is 45.8 Å². The predicted molar refractivity (Wildman–Crippen MR) is 204 cm³/mol. The van der Waals surface area contributed by atoms with Crippen LogP contribution in [0.2, 0.25) is 0 Å². The number of hydrogen-bond acceptors (Lipinski definition) is 8. The minimum Gasteiger partial charge on any atom is -0.490 e. The molecular weight excluding hydrogens is 780 g/mol. The van der Waals surface area contributed by atoms with E-state index in [2.05, 4.69) is 25.3 Å². The van der Waals surface area contributed by atoms with Gasteiger partial charge in [-0.15, -0.1) is 0 Å². The van der Waals surface area contributed by atoms with Crippen LogP contribution in [-0.2, 0) is 17.1 Å². The molecule has 11 nitrogen and oxygen atoms in total. The number of nitrogens with zero attached hydrogens (tertiary/aromatic N) is 6. The molecule has 0 spiro atoms. The summed E-state index contributed by atoms with van der Waals surface area (Å²) in [4.78, 5) is 45.4. The van der Waals surface area contributed by atoms with E-state index in [1.165, 1.54) is 30.6 Å². The van der Waals surface area contributed by atoms with Crippen molar-refractivity contribution in [3.8, 4) is 22.8 Å². The Hall–Kier alpha value is -5.74. The highest BCUT2D eigenvalue weighted by Crippen LogP contribution is 2.50. The molecule has 59 heavy (non-hydrogen) atoms. The lowest BCUT2D eigenvalue weighted by molar-refractivity contribution is -0.155. The molecular formula is C42H41F6N7O4. The fraction of sp³-hybridized carbons (Fsp3) is 0.429. The van der Waals surface area contributed by atoms with Crippen molar-refractivity contribution in [2.75, 3.05) is 18.0 Å². The first kappa shape index (κ1) is 40.1. The van der Waals surface area contributed by atoms with Gasteiger partial charge in [-0.25, -0.2) is 24.7 Å². The summed E-state index contributed by atoms with van der Waals surface area (Å²) in [7, 11) is 0. The van der Waals surface area contributed by atoms with Crippen molar-refractivity contribution in [3.63, 3.8) is 0 Å². The summed E-state index contributed by atoms with van der Waals surface area (Å²) in [5.74, 6) is -2.72. The quantitative estimate of drug-likeness (QED) is 0.148. The van der Waals surface area contributed by atoms with Crippen LogP contribution in [0.4, 0.5) is 32.3 Å². The number of nitrogens with one attached hydrogen (secondary N) is 1. The number of hydrogen-bond donors (Lipinski definition) is 2. The minimum atomic E-state index is -5.17. The molecule has 5 unspecified atom stereocenters. The van der Waals surface area contributed by atoms with E-state index in [1.807, 2.05) is 11.8 Å². The number of aromatic nitrogens is 5. The maximum Gasteiger partial charge on any atom is 0.434 e. The Morgan fingerprint density at radius 3 is 2.31 bits per heavy atom. The largest absolute Gasteiger partial charge is 0.490 e. The summed E-state index contributed by atoms with van der Waals surface area (Å²) in [6.45, 7) is 4.90. The molecule has 4 aromatic heterocycles. The van der Waals surface area contributed by atoms with Gasteiger partial charge in [0.2, 0.25) is 5.95 Å². The molecule has 1 aromatic carbocycles. The number of carboxylic acids is 1. The Labute approximate surface area is 334 Å².